The van der Waals surface area contributed by atoms with Gasteiger partial charge in [0.1, 0.15) is 5.76 Å². The van der Waals surface area contributed by atoms with Gasteiger partial charge in [0, 0.05) is 18.5 Å². The standard InChI is InChI=1S/C15H19N3O2/c19-15-13-6-2-1-5-12(13)14(17-18-15)7-8-16-10-11-4-3-9-20-11/h3-4,9,16H,1-2,5-8,10H2,(H,18,19). The number of fused-ring (bicyclic) bond motifs is 1. The third-order valence-electron chi connectivity index (χ3n) is 3.80. The van der Waals surface area contributed by atoms with Crippen molar-refractivity contribution in [3.63, 3.8) is 0 Å². The topological polar surface area (TPSA) is 70.9 Å². The zero-order chi connectivity index (χ0) is 13.8. The summed E-state index contributed by atoms with van der Waals surface area (Å²) in [5.74, 6) is 0.932. The molecule has 0 bridgehead atoms. The summed E-state index contributed by atoms with van der Waals surface area (Å²) in [6.45, 7) is 1.55. The van der Waals surface area contributed by atoms with Gasteiger partial charge in [-0.05, 0) is 43.4 Å². The van der Waals surface area contributed by atoms with Gasteiger partial charge >= 0.3 is 0 Å². The van der Waals surface area contributed by atoms with Gasteiger partial charge in [0.2, 0.25) is 0 Å². The molecular formula is C15H19N3O2. The number of rotatable bonds is 5. The van der Waals surface area contributed by atoms with Crippen molar-refractivity contribution < 1.29 is 4.42 Å². The summed E-state index contributed by atoms with van der Waals surface area (Å²) in [6.07, 6.45) is 6.65. The molecule has 2 aromatic heterocycles. The summed E-state index contributed by atoms with van der Waals surface area (Å²) >= 11 is 0. The molecule has 2 N–H and O–H groups in total. The average Bonchev–Trinajstić information content (AvgIpc) is 2.99. The zero-order valence-corrected chi connectivity index (χ0v) is 11.4. The molecule has 0 fully saturated rings. The minimum absolute atomic E-state index is 0.00741. The molecule has 20 heavy (non-hydrogen) atoms. The van der Waals surface area contributed by atoms with Crippen molar-refractivity contribution in [2.75, 3.05) is 6.54 Å². The predicted molar refractivity (Wildman–Crippen MR) is 75.6 cm³/mol. The van der Waals surface area contributed by atoms with Gasteiger partial charge in [0.25, 0.3) is 5.56 Å². The first-order valence-electron chi connectivity index (χ1n) is 7.17. The Labute approximate surface area is 117 Å². The molecule has 0 radical (unpaired) electrons. The fraction of sp³-hybridized carbons (Fsp3) is 0.467. The zero-order valence-electron chi connectivity index (χ0n) is 11.4. The molecule has 1 aliphatic carbocycles. The minimum atomic E-state index is -0.00741. The van der Waals surface area contributed by atoms with Crippen LogP contribution in [0.2, 0.25) is 0 Å². The number of hydrogen-bond acceptors (Lipinski definition) is 4. The SMILES string of the molecule is O=c1[nH]nc(CCNCc2ccco2)c2c1CCCC2. The van der Waals surface area contributed by atoms with Gasteiger partial charge in [0.15, 0.2) is 0 Å². The van der Waals surface area contributed by atoms with Gasteiger partial charge in [-0.25, -0.2) is 5.10 Å². The second kappa shape index (κ2) is 6.05. The Morgan fingerprint density at radius 1 is 1.30 bits per heavy atom. The smallest absolute Gasteiger partial charge is 0.267 e. The van der Waals surface area contributed by atoms with Crippen LogP contribution in [-0.2, 0) is 25.8 Å². The van der Waals surface area contributed by atoms with Crippen molar-refractivity contribution >= 4 is 0 Å². The van der Waals surface area contributed by atoms with Gasteiger partial charge in [-0.3, -0.25) is 4.79 Å². The average molecular weight is 273 g/mol. The third-order valence-corrected chi connectivity index (χ3v) is 3.80. The number of hydrogen-bond donors (Lipinski definition) is 2. The van der Waals surface area contributed by atoms with E-state index in [9.17, 15) is 4.79 Å². The Bertz CT molecular complexity index is 617. The van der Waals surface area contributed by atoms with Crippen LogP contribution in [0.15, 0.2) is 27.6 Å². The van der Waals surface area contributed by atoms with E-state index in [4.69, 9.17) is 4.42 Å². The van der Waals surface area contributed by atoms with Crippen molar-refractivity contribution in [1.29, 1.82) is 0 Å². The van der Waals surface area contributed by atoms with E-state index >= 15 is 0 Å². The van der Waals surface area contributed by atoms with Crippen LogP contribution in [0.1, 0.15) is 35.4 Å². The first kappa shape index (κ1) is 13.1. The first-order chi connectivity index (χ1) is 9.84. The Morgan fingerprint density at radius 3 is 2.95 bits per heavy atom. The molecule has 0 saturated carbocycles. The maximum absolute atomic E-state index is 11.8. The predicted octanol–water partition coefficient (Wildman–Crippen LogP) is 1.57. The molecule has 0 unspecified atom stereocenters. The summed E-state index contributed by atoms with van der Waals surface area (Å²) in [7, 11) is 0. The summed E-state index contributed by atoms with van der Waals surface area (Å²) in [6, 6.07) is 3.84. The number of nitrogens with zero attached hydrogens (tertiary/aromatic N) is 1. The second-order valence-electron chi connectivity index (χ2n) is 5.17. The van der Waals surface area contributed by atoms with E-state index in [1.807, 2.05) is 12.1 Å². The summed E-state index contributed by atoms with van der Waals surface area (Å²) < 4.78 is 5.27. The van der Waals surface area contributed by atoms with Crippen molar-refractivity contribution in [2.24, 2.45) is 0 Å². The lowest BCUT2D eigenvalue weighted by atomic mass is 9.91. The quantitative estimate of drug-likeness (QED) is 0.811. The lowest BCUT2D eigenvalue weighted by molar-refractivity contribution is 0.483. The molecule has 0 spiro atoms. The van der Waals surface area contributed by atoms with Crippen LogP contribution in [0.5, 0.6) is 0 Å². The summed E-state index contributed by atoms with van der Waals surface area (Å²) in [5.41, 5.74) is 3.16. The summed E-state index contributed by atoms with van der Waals surface area (Å²) in [5, 5.41) is 10.2. The number of furan rings is 1. The van der Waals surface area contributed by atoms with E-state index in [2.05, 4.69) is 15.5 Å². The largest absolute Gasteiger partial charge is 0.468 e. The maximum atomic E-state index is 11.8. The molecule has 0 aliphatic heterocycles. The second-order valence-corrected chi connectivity index (χ2v) is 5.17. The van der Waals surface area contributed by atoms with E-state index in [0.717, 1.165) is 62.2 Å². The fourth-order valence-corrected chi connectivity index (χ4v) is 2.77. The van der Waals surface area contributed by atoms with E-state index in [1.165, 1.54) is 5.56 Å². The van der Waals surface area contributed by atoms with Gasteiger partial charge in [-0.1, -0.05) is 0 Å². The molecule has 0 amide bonds. The fourth-order valence-electron chi connectivity index (χ4n) is 2.77. The lowest BCUT2D eigenvalue weighted by Crippen LogP contribution is -2.25. The van der Waals surface area contributed by atoms with Crippen LogP contribution in [0, 0.1) is 0 Å². The Hall–Kier alpha value is -1.88. The van der Waals surface area contributed by atoms with E-state index < -0.39 is 0 Å². The van der Waals surface area contributed by atoms with Crippen LogP contribution < -0.4 is 10.9 Å². The molecule has 2 heterocycles. The van der Waals surface area contributed by atoms with Crippen LogP contribution >= 0.6 is 0 Å². The monoisotopic (exact) mass is 273 g/mol. The Balaban J connectivity index is 1.61. The highest BCUT2D eigenvalue weighted by molar-refractivity contribution is 5.30. The highest BCUT2D eigenvalue weighted by Gasteiger charge is 2.17. The molecular weight excluding hydrogens is 254 g/mol. The summed E-state index contributed by atoms with van der Waals surface area (Å²) in [4.78, 5) is 11.8. The van der Waals surface area contributed by atoms with Crippen molar-refractivity contribution in [3.8, 4) is 0 Å². The van der Waals surface area contributed by atoms with Crippen molar-refractivity contribution in [2.45, 2.75) is 38.6 Å². The van der Waals surface area contributed by atoms with E-state index in [-0.39, 0.29) is 5.56 Å². The molecule has 0 atom stereocenters. The Morgan fingerprint density at radius 2 is 2.15 bits per heavy atom. The molecule has 5 nitrogen and oxygen atoms in total. The van der Waals surface area contributed by atoms with Crippen LogP contribution in [0.4, 0.5) is 0 Å². The van der Waals surface area contributed by atoms with E-state index in [1.54, 1.807) is 6.26 Å². The van der Waals surface area contributed by atoms with Crippen molar-refractivity contribution in [3.05, 3.63) is 51.3 Å². The molecule has 3 rings (SSSR count). The first-order valence-corrected chi connectivity index (χ1v) is 7.17. The molecule has 106 valence electrons. The van der Waals surface area contributed by atoms with Crippen LogP contribution in [-0.4, -0.2) is 16.7 Å². The van der Waals surface area contributed by atoms with Gasteiger partial charge in [0.05, 0.1) is 18.5 Å². The van der Waals surface area contributed by atoms with Gasteiger partial charge in [-0.15, -0.1) is 0 Å². The molecule has 1 aliphatic rings. The number of aromatic nitrogens is 2. The third kappa shape index (κ3) is 2.82. The molecule has 0 saturated heterocycles. The lowest BCUT2D eigenvalue weighted by Gasteiger charge is -2.17. The molecule has 0 aromatic carbocycles. The minimum Gasteiger partial charge on any atom is -0.468 e. The van der Waals surface area contributed by atoms with Crippen molar-refractivity contribution in [1.82, 2.24) is 15.5 Å². The van der Waals surface area contributed by atoms with Gasteiger partial charge in [-0.2, -0.15) is 5.10 Å². The van der Waals surface area contributed by atoms with Crippen LogP contribution in [0.3, 0.4) is 0 Å². The number of H-pyrrole nitrogens is 1. The highest BCUT2D eigenvalue weighted by atomic mass is 16.3. The Kier molecular flexibility index (Phi) is 3.97. The van der Waals surface area contributed by atoms with Crippen LogP contribution in [0.25, 0.3) is 0 Å². The maximum Gasteiger partial charge on any atom is 0.267 e. The number of aromatic amines is 1. The molecule has 2 aromatic rings. The van der Waals surface area contributed by atoms with Gasteiger partial charge < -0.3 is 9.73 Å². The normalized spacial score (nSPS) is 14.2. The van der Waals surface area contributed by atoms with E-state index in [0.29, 0.717) is 0 Å². The highest BCUT2D eigenvalue weighted by Crippen LogP contribution is 2.20. The molecule has 5 heteroatoms. The number of nitrogens with one attached hydrogen (secondary N) is 2.